The second kappa shape index (κ2) is 9.41. The van der Waals surface area contributed by atoms with E-state index < -0.39 is 0 Å². The Morgan fingerprint density at radius 2 is 1.59 bits per heavy atom. The van der Waals surface area contributed by atoms with Gasteiger partial charge in [-0.25, -0.2) is 0 Å². The Labute approximate surface area is 196 Å². The van der Waals surface area contributed by atoms with E-state index in [1.165, 1.54) is 5.56 Å². The number of hydrogen-bond donors (Lipinski definition) is 1. The van der Waals surface area contributed by atoms with E-state index in [9.17, 15) is 5.11 Å². The predicted octanol–water partition coefficient (Wildman–Crippen LogP) is 7.90. The van der Waals surface area contributed by atoms with Gasteiger partial charge in [-0.15, -0.1) is 0 Å². The Bertz CT molecular complexity index is 1120. The zero-order valence-corrected chi connectivity index (χ0v) is 20.9. The summed E-state index contributed by atoms with van der Waals surface area (Å²) in [5, 5.41) is 11.0. The van der Waals surface area contributed by atoms with Crippen LogP contribution in [0.3, 0.4) is 0 Å². The molecule has 1 N–H and O–H groups in total. The fourth-order valence-electron chi connectivity index (χ4n) is 3.34. The molecular weight excluding hydrogens is 414 g/mol. The molecule has 3 nitrogen and oxygen atoms in total. The number of phenols is 1. The van der Waals surface area contributed by atoms with Crippen molar-refractivity contribution in [2.24, 2.45) is 4.99 Å². The minimum absolute atomic E-state index is 0.0313. The van der Waals surface area contributed by atoms with Gasteiger partial charge in [0.1, 0.15) is 11.5 Å². The van der Waals surface area contributed by atoms with Crippen LogP contribution in [0.5, 0.6) is 11.5 Å². The fraction of sp³-hybridized carbons (Fsp3) is 0.321. The summed E-state index contributed by atoms with van der Waals surface area (Å²) in [6.45, 7) is 12.9. The summed E-state index contributed by atoms with van der Waals surface area (Å²) in [4.78, 5) is 6.91. The Balaban J connectivity index is 2.01. The molecule has 0 bridgehead atoms. The summed E-state index contributed by atoms with van der Waals surface area (Å²) in [5.41, 5.74) is 3.51. The van der Waals surface area contributed by atoms with Gasteiger partial charge in [0.05, 0.1) is 12.8 Å². The lowest BCUT2D eigenvalue weighted by molar-refractivity contribution is 0.413. The number of methoxy groups -OCH3 is 1. The zero-order valence-electron chi connectivity index (χ0n) is 20.1. The van der Waals surface area contributed by atoms with Gasteiger partial charge in [0.25, 0.3) is 0 Å². The van der Waals surface area contributed by atoms with Crippen molar-refractivity contribution in [1.82, 2.24) is 0 Å². The van der Waals surface area contributed by atoms with Crippen LogP contribution in [0.1, 0.15) is 58.2 Å². The minimum Gasteiger partial charge on any atom is -0.507 e. The van der Waals surface area contributed by atoms with Crippen LogP contribution in [-0.4, -0.2) is 18.4 Å². The van der Waals surface area contributed by atoms with Gasteiger partial charge in [-0.05, 0) is 52.8 Å². The fourth-order valence-corrected chi connectivity index (χ4v) is 4.29. The van der Waals surface area contributed by atoms with Crippen LogP contribution in [0, 0.1) is 0 Å². The molecule has 0 aliphatic carbocycles. The van der Waals surface area contributed by atoms with Gasteiger partial charge in [0.15, 0.2) is 0 Å². The largest absolute Gasteiger partial charge is 0.507 e. The quantitative estimate of drug-likeness (QED) is 0.404. The molecule has 0 aliphatic heterocycles. The highest BCUT2D eigenvalue weighted by Gasteiger charge is 2.24. The van der Waals surface area contributed by atoms with E-state index in [4.69, 9.17) is 9.73 Å². The molecular formula is C28H33NO2S. The SMILES string of the molecule is COc1cccc(Sc2ccccc2N=Cc2cc(C(C)(C)C)cc(C(C)(C)C)c2O)c1. The lowest BCUT2D eigenvalue weighted by Gasteiger charge is -2.27. The van der Waals surface area contributed by atoms with E-state index >= 15 is 0 Å². The molecule has 0 amide bonds. The highest BCUT2D eigenvalue weighted by Crippen LogP contribution is 2.39. The molecule has 0 heterocycles. The van der Waals surface area contributed by atoms with E-state index in [-0.39, 0.29) is 10.8 Å². The van der Waals surface area contributed by atoms with Crippen molar-refractivity contribution < 1.29 is 9.84 Å². The molecule has 0 aliphatic rings. The van der Waals surface area contributed by atoms with Crippen molar-refractivity contribution in [1.29, 1.82) is 0 Å². The van der Waals surface area contributed by atoms with Crippen LogP contribution in [-0.2, 0) is 10.8 Å². The summed E-state index contributed by atoms with van der Waals surface area (Å²) in [7, 11) is 1.67. The van der Waals surface area contributed by atoms with Gasteiger partial charge in [-0.2, -0.15) is 0 Å². The Kier molecular flexibility index (Phi) is 7.04. The maximum absolute atomic E-state index is 11.0. The Morgan fingerprint density at radius 1 is 0.875 bits per heavy atom. The van der Waals surface area contributed by atoms with Crippen molar-refractivity contribution in [3.8, 4) is 11.5 Å². The second-order valence-electron chi connectivity index (χ2n) is 9.97. The van der Waals surface area contributed by atoms with Gasteiger partial charge in [-0.1, -0.05) is 77.6 Å². The summed E-state index contributed by atoms with van der Waals surface area (Å²) in [5.74, 6) is 1.13. The van der Waals surface area contributed by atoms with Crippen molar-refractivity contribution in [3.05, 3.63) is 77.4 Å². The van der Waals surface area contributed by atoms with E-state index in [0.717, 1.165) is 32.4 Å². The molecule has 3 aromatic rings. The third-order valence-electron chi connectivity index (χ3n) is 5.29. The normalized spacial score (nSPS) is 12.3. The van der Waals surface area contributed by atoms with Gasteiger partial charge in [-0.3, -0.25) is 4.99 Å². The average Bonchev–Trinajstić information content (AvgIpc) is 2.72. The molecule has 0 aromatic heterocycles. The first-order chi connectivity index (χ1) is 15.0. The summed E-state index contributed by atoms with van der Waals surface area (Å²) >= 11 is 1.64. The topological polar surface area (TPSA) is 41.8 Å². The van der Waals surface area contributed by atoms with Crippen LogP contribution >= 0.6 is 11.8 Å². The minimum atomic E-state index is -0.173. The lowest BCUT2D eigenvalue weighted by atomic mass is 9.79. The molecule has 0 atom stereocenters. The van der Waals surface area contributed by atoms with E-state index in [2.05, 4.69) is 59.7 Å². The summed E-state index contributed by atoms with van der Waals surface area (Å²) in [6.07, 6.45) is 1.78. The number of aliphatic imine (C=N–C) groups is 1. The number of rotatable bonds is 5. The molecule has 168 valence electrons. The molecule has 3 aromatic carbocycles. The Hall–Kier alpha value is -2.72. The van der Waals surface area contributed by atoms with Gasteiger partial charge >= 0.3 is 0 Å². The first-order valence-electron chi connectivity index (χ1n) is 10.8. The number of para-hydroxylation sites is 1. The van der Waals surface area contributed by atoms with Crippen LogP contribution in [0.25, 0.3) is 0 Å². The standard InChI is InChI=1S/C28H33NO2S/c1-27(2,3)20-15-19(26(30)23(16-20)28(4,5)6)18-29-24-13-8-9-14-25(24)32-22-12-10-11-21(17-22)31-7/h8-18,30H,1-7H3. The monoisotopic (exact) mass is 447 g/mol. The third kappa shape index (κ3) is 5.74. The number of phenolic OH excluding ortho intramolecular Hbond substituents is 1. The number of nitrogens with zero attached hydrogens (tertiary/aromatic N) is 1. The lowest BCUT2D eigenvalue weighted by Crippen LogP contribution is -2.17. The molecule has 4 heteroatoms. The molecule has 0 radical (unpaired) electrons. The van der Waals surface area contributed by atoms with Crippen LogP contribution in [0.4, 0.5) is 5.69 Å². The molecule has 0 saturated heterocycles. The third-order valence-corrected chi connectivity index (χ3v) is 6.35. The van der Waals surface area contributed by atoms with Crippen LogP contribution < -0.4 is 4.74 Å². The molecule has 32 heavy (non-hydrogen) atoms. The predicted molar refractivity (Wildman–Crippen MR) is 136 cm³/mol. The molecule has 0 unspecified atom stereocenters. The number of benzene rings is 3. The second-order valence-corrected chi connectivity index (χ2v) is 11.1. The number of ether oxygens (including phenoxy) is 1. The first-order valence-corrected chi connectivity index (χ1v) is 11.6. The van der Waals surface area contributed by atoms with Crippen molar-refractivity contribution in [2.75, 3.05) is 7.11 Å². The molecule has 0 fully saturated rings. The molecule has 3 rings (SSSR count). The van der Waals surface area contributed by atoms with Gasteiger partial charge in [0.2, 0.25) is 0 Å². The molecule has 0 saturated carbocycles. The van der Waals surface area contributed by atoms with E-state index in [0.29, 0.717) is 5.75 Å². The van der Waals surface area contributed by atoms with Gasteiger partial charge < -0.3 is 9.84 Å². The zero-order chi connectivity index (χ0) is 23.5. The van der Waals surface area contributed by atoms with E-state index in [1.807, 2.05) is 42.5 Å². The smallest absolute Gasteiger partial charge is 0.128 e. The van der Waals surface area contributed by atoms with Crippen molar-refractivity contribution in [2.45, 2.75) is 62.2 Å². The maximum Gasteiger partial charge on any atom is 0.128 e. The summed E-state index contributed by atoms with van der Waals surface area (Å²) in [6, 6.07) is 20.2. The number of aromatic hydroxyl groups is 1. The van der Waals surface area contributed by atoms with Crippen molar-refractivity contribution in [3.63, 3.8) is 0 Å². The highest BCUT2D eigenvalue weighted by molar-refractivity contribution is 7.99. The average molecular weight is 448 g/mol. The maximum atomic E-state index is 11.0. The Morgan fingerprint density at radius 3 is 2.25 bits per heavy atom. The number of hydrogen-bond acceptors (Lipinski definition) is 4. The molecule has 0 spiro atoms. The highest BCUT2D eigenvalue weighted by atomic mass is 32.2. The van der Waals surface area contributed by atoms with Crippen LogP contribution in [0.15, 0.2) is 75.4 Å². The van der Waals surface area contributed by atoms with Crippen LogP contribution in [0.2, 0.25) is 0 Å². The van der Waals surface area contributed by atoms with Crippen molar-refractivity contribution >= 4 is 23.7 Å². The van der Waals surface area contributed by atoms with E-state index in [1.54, 1.807) is 25.1 Å². The van der Waals surface area contributed by atoms with Gasteiger partial charge in [0, 0.05) is 27.1 Å². The summed E-state index contributed by atoms with van der Waals surface area (Å²) < 4.78 is 5.35. The first kappa shape index (κ1) is 23.9.